The molecule has 0 saturated heterocycles. The molecule has 0 fully saturated rings. The van der Waals surface area contributed by atoms with Crippen molar-refractivity contribution in [2.24, 2.45) is 0 Å². The second-order valence-electron chi connectivity index (χ2n) is 6.15. The Bertz CT molecular complexity index is 1160. The van der Waals surface area contributed by atoms with Crippen molar-refractivity contribution in [3.63, 3.8) is 0 Å². The SMILES string of the molecule is COCc1nnc2n1Cc1c(-c3nc(C)no3)ncn1-c1c(Cl)cccc1-2. The van der Waals surface area contributed by atoms with Crippen molar-refractivity contribution < 1.29 is 9.26 Å². The summed E-state index contributed by atoms with van der Waals surface area (Å²) in [5.74, 6) is 2.33. The minimum atomic E-state index is 0.339. The van der Waals surface area contributed by atoms with Crippen molar-refractivity contribution in [2.75, 3.05) is 7.11 Å². The van der Waals surface area contributed by atoms with E-state index in [0.717, 1.165) is 22.8 Å². The fourth-order valence-corrected chi connectivity index (χ4v) is 3.58. The van der Waals surface area contributed by atoms with Gasteiger partial charge in [0.25, 0.3) is 5.89 Å². The number of nitrogens with zero attached hydrogens (tertiary/aromatic N) is 7. The van der Waals surface area contributed by atoms with Gasteiger partial charge < -0.3 is 13.8 Å². The molecule has 0 atom stereocenters. The predicted octanol–water partition coefficient (Wildman–Crippen LogP) is 2.65. The third-order valence-corrected chi connectivity index (χ3v) is 4.78. The summed E-state index contributed by atoms with van der Waals surface area (Å²) >= 11 is 6.55. The zero-order chi connectivity index (χ0) is 18.5. The van der Waals surface area contributed by atoms with Crippen LogP contribution in [-0.2, 0) is 17.9 Å². The molecule has 136 valence electrons. The summed E-state index contributed by atoms with van der Waals surface area (Å²) in [4.78, 5) is 8.84. The van der Waals surface area contributed by atoms with Crippen LogP contribution in [0.3, 0.4) is 0 Å². The van der Waals surface area contributed by atoms with Crippen molar-refractivity contribution in [3.8, 4) is 28.7 Å². The molecule has 0 bridgehead atoms. The van der Waals surface area contributed by atoms with Gasteiger partial charge in [0, 0.05) is 12.7 Å². The number of hydrogen-bond acceptors (Lipinski definition) is 7. The minimum Gasteiger partial charge on any atom is -0.377 e. The summed E-state index contributed by atoms with van der Waals surface area (Å²) in [7, 11) is 1.63. The molecule has 10 heteroatoms. The Kier molecular flexibility index (Phi) is 3.59. The van der Waals surface area contributed by atoms with E-state index in [9.17, 15) is 0 Å². The smallest absolute Gasteiger partial charge is 0.278 e. The summed E-state index contributed by atoms with van der Waals surface area (Å²) in [6.07, 6.45) is 1.71. The molecule has 0 spiro atoms. The number of ether oxygens (including phenoxy) is 1. The Morgan fingerprint density at radius 2 is 2.19 bits per heavy atom. The van der Waals surface area contributed by atoms with E-state index in [4.69, 9.17) is 20.9 Å². The fourth-order valence-electron chi connectivity index (χ4n) is 3.32. The van der Waals surface area contributed by atoms with Crippen molar-refractivity contribution >= 4 is 11.6 Å². The van der Waals surface area contributed by atoms with Crippen molar-refractivity contribution in [1.29, 1.82) is 0 Å². The number of fused-ring (bicyclic) bond motifs is 5. The van der Waals surface area contributed by atoms with Crippen molar-refractivity contribution in [2.45, 2.75) is 20.1 Å². The van der Waals surface area contributed by atoms with Crippen LogP contribution < -0.4 is 0 Å². The van der Waals surface area contributed by atoms with E-state index in [1.54, 1.807) is 20.4 Å². The van der Waals surface area contributed by atoms with Crippen LogP contribution in [0.4, 0.5) is 0 Å². The van der Waals surface area contributed by atoms with Crippen molar-refractivity contribution in [3.05, 3.63) is 46.9 Å². The number of rotatable bonds is 3. The van der Waals surface area contributed by atoms with Crippen LogP contribution in [0.15, 0.2) is 29.0 Å². The highest BCUT2D eigenvalue weighted by Gasteiger charge is 2.29. The van der Waals surface area contributed by atoms with Gasteiger partial charge in [0.2, 0.25) is 0 Å². The number of para-hydroxylation sites is 1. The van der Waals surface area contributed by atoms with Crippen LogP contribution in [0.1, 0.15) is 17.3 Å². The maximum Gasteiger partial charge on any atom is 0.278 e. The number of imidazole rings is 1. The first-order valence-electron chi connectivity index (χ1n) is 8.24. The van der Waals surface area contributed by atoms with Gasteiger partial charge in [0.1, 0.15) is 12.9 Å². The molecule has 1 aromatic carbocycles. The Morgan fingerprint density at radius 3 is 2.96 bits per heavy atom. The predicted molar refractivity (Wildman–Crippen MR) is 95.4 cm³/mol. The standard InChI is InChI=1S/C17H14ClN7O2/c1-9-20-17(27-23-9)14-12-6-24-13(7-26-2)21-22-16(24)10-4-3-5-11(18)15(10)25(12)8-19-14/h3-5,8H,6-7H2,1-2H3. The molecule has 27 heavy (non-hydrogen) atoms. The molecule has 3 aromatic heterocycles. The van der Waals surface area contributed by atoms with E-state index in [2.05, 4.69) is 25.3 Å². The zero-order valence-corrected chi connectivity index (χ0v) is 15.3. The summed E-state index contributed by atoms with van der Waals surface area (Å²) in [6.45, 7) is 2.57. The molecule has 4 heterocycles. The van der Waals surface area contributed by atoms with Gasteiger partial charge in [-0.2, -0.15) is 4.98 Å². The second kappa shape index (κ2) is 6.00. The Balaban J connectivity index is 1.81. The molecule has 0 aliphatic carbocycles. The Labute approximate surface area is 158 Å². The average Bonchev–Trinajstić information content (AvgIpc) is 3.34. The third kappa shape index (κ3) is 2.39. The van der Waals surface area contributed by atoms with Crippen molar-refractivity contribution in [1.82, 2.24) is 34.5 Å². The monoisotopic (exact) mass is 383 g/mol. The number of halogens is 1. The second-order valence-corrected chi connectivity index (χ2v) is 6.56. The molecular formula is C17H14ClN7O2. The number of methoxy groups -OCH3 is 1. The molecule has 0 saturated carbocycles. The normalized spacial score (nSPS) is 12.4. The lowest BCUT2D eigenvalue weighted by molar-refractivity contribution is 0.174. The van der Waals surface area contributed by atoms with Crippen LogP contribution in [0.25, 0.3) is 28.7 Å². The van der Waals surface area contributed by atoms with Crippen LogP contribution in [0.5, 0.6) is 0 Å². The first kappa shape index (κ1) is 16.2. The molecule has 1 aliphatic rings. The molecule has 4 aromatic rings. The van der Waals surface area contributed by atoms with Gasteiger partial charge in [-0.05, 0) is 19.1 Å². The number of hydrogen-bond donors (Lipinski definition) is 0. The molecule has 9 nitrogen and oxygen atoms in total. The van der Waals surface area contributed by atoms with E-state index in [1.165, 1.54) is 0 Å². The van der Waals surface area contributed by atoms with Gasteiger partial charge in [-0.1, -0.05) is 22.8 Å². The van der Waals surface area contributed by atoms with Gasteiger partial charge in [0.05, 0.1) is 22.9 Å². The van der Waals surface area contributed by atoms with E-state index >= 15 is 0 Å². The average molecular weight is 384 g/mol. The van der Waals surface area contributed by atoms with E-state index in [1.807, 2.05) is 27.3 Å². The Morgan fingerprint density at radius 1 is 1.30 bits per heavy atom. The van der Waals surface area contributed by atoms with E-state index in [-0.39, 0.29) is 0 Å². The number of aryl methyl sites for hydroxylation is 1. The largest absolute Gasteiger partial charge is 0.377 e. The van der Waals surface area contributed by atoms with Crippen LogP contribution in [-0.4, -0.2) is 41.6 Å². The van der Waals surface area contributed by atoms with Gasteiger partial charge in [-0.15, -0.1) is 10.2 Å². The maximum absolute atomic E-state index is 6.55. The molecular weight excluding hydrogens is 370 g/mol. The molecule has 0 radical (unpaired) electrons. The van der Waals surface area contributed by atoms with E-state index < -0.39 is 0 Å². The zero-order valence-electron chi connectivity index (χ0n) is 14.5. The molecule has 5 rings (SSSR count). The summed E-state index contributed by atoms with van der Waals surface area (Å²) in [6, 6.07) is 5.69. The van der Waals surface area contributed by atoms with Crippen LogP contribution in [0.2, 0.25) is 5.02 Å². The summed E-state index contributed by atoms with van der Waals surface area (Å²) in [5, 5.41) is 13.1. The van der Waals surface area contributed by atoms with Gasteiger partial charge in [-0.3, -0.25) is 4.57 Å². The highest BCUT2D eigenvalue weighted by molar-refractivity contribution is 6.33. The molecule has 0 unspecified atom stereocenters. The lowest BCUT2D eigenvalue weighted by atomic mass is 10.1. The molecule has 0 N–H and O–H groups in total. The fraction of sp³-hybridized carbons (Fsp3) is 0.235. The summed E-state index contributed by atoms with van der Waals surface area (Å²) < 4.78 is 14.6. The van der Waals surface area contributed by atoms with Crippen LogP contribution in [0, 0.1) is 6.92 Å². The lowest BCUT2D eigenvalue weighted by Gasteiger charge is -2.10. The first-order valence-corrected chi connectivity index (χ1v) is 8.62. The quantitative estimate of drug-likeness (QED) is 0.472. The number of benzene rings is 1. The highest BCUT2D eigenvalue weighted by atomic mass is 35.5. The number of aromatic nitrogens is 7. The minimum absolute atomic E-state index is 0.339. The molecule has 1 aliphatic heterocycles. The van der Waals surface area contributed by atoms with Gasteiger partial charge >= 0.3 is 0 Å². The van der Waals surface area contributed by atoms with Crippen LogP contribution >= 0.6 is 11.6 Å². The molecule has 0 amide bonds. The topological polar surface area (TPSA) is 96.7 Å². The highest BCUT2D eigenvalue weighted by Crippen LogP contribution is 2.38. The lowest BCUT2D eigenvalue weighted by Crippen LogP contribution is -2.09. The maximum atomic E-state index is 6.55. The van der Waals surface area contributed by atoms with Gasteiger partial charge in [0.15, 0.2) is 23.2 Å². The van der Waals surface area contributed by atoms with E-state index in [0.29, 0.717) is 41.4 Å². The Hall–Kier alpha value is -3.04. The van der Waals surface area contributed by atoms with Gasteiger partial charge in [-0.25, -0.2) is 4.98 Å². The first-order chi connectivity index (χ1) is 13.2. The third-order valence-electron chi connectivity index (χ3n) is 4.47. The summed E-state index contributed by atoms with van der Waals surface area (Å²) in [5.41, 5.74) is 3.11.